The predicted molar refractivity (Wildman–Crippen MR) is 43.8 cm³/mol. The van der Waals surface area contributed by atoms with Gasteiger partial charge in [0.15, 0.2) is 9.76 Å². The molecule has 0 unspecified atom stereocenters. The summed E-state index contributed by atoms with van der Waals surface area (Å²) >= 11 is 0. The minimum Gasteiger partial charge on any atom is -0.397 e. The summed E-state index contributed by atoms with van der Waals surface area (Å²) in [4.78, 5) is 0. The van der Waals surface area contributed by atoms with Gasteiger partial charge in [-0.1, -0.05) is 0 Å². The summed E-state index contributed by atoms with van der Waals surface area (Å²) in [5.74, 6) is 0. The zero-order valence-corrected chi connectivity index (χ0v) is 8.49. The van der Waals surface area contributed by atoms with Crippen LogP contribution in [0.3, 0.4) is 0 Å². The highest BCUT2D eigenvalue weighted by molar-refractivity contribution is 6.26. The molecule has 0 aliphatic carbocycles. The average Bonchev–Trinajstić information content (AvgIpc) is 2.01. The number of aliphatic hydroxyl groups is 1. The van der Waals surface area contributed by atoms with Crippen molar-refractivity contribution in [1.82, 2.24) is 0 Å². The molecule has 0 saturated carbocycles. The Bertz CT molecular complexity index is 75.0. The molecule has 0 rings (SSSR count). The van der Waals surface area contributed by atoms with Gasteiger partial charge in [-0.3, -0.25) is 0 Å². The Morgan fingerprint density at radius 2 is 1.82 bits per heavy atom. The minimum absolute atomic E-state index is 0.122. The first kappa shape index (κ1) is 11.1. The molecular formula is C6H16O4Si. The lowest BCUT2D eigenvalue weighted by molar-refractivity contribution is -0.244. The highest BCUT2D eigenvalue weighted by Crippen LogP contribution is 1.95. The molecule has 11 heavy (non-hydrogen) atoms. The van der Waals surface area contributed by atoms with E-state index < -0.39 is 16.2 Å². The molecule has 0 aliphatic heterocycles. The lowest BCUT2D eigenvalue weighted by atomic mass is 10.8. The van der Waals surface area contributed by atoms with Gasteiger partial charge in [-0.2, -0.15) is 0 Å². The Labute approximate surface area is 69.4 Å². The first-order chi connectivity index (χ1) is 5.35. The zero-order chi connectivity index (χ0) is 8.53. The molecule has 0 saturated heterocycles. The van der Waals surface area contributed by atoms with Crippen LogP contribution in [0.25, 0.3) is 0 Å². The van der Waals surface area contributed by atoms with Crippen molar-refractivity contribution in [3.63, 3.8) is 0 Å². The fourth-order valence-corrected chi connectivity index (χ4v) is 1.06. The van der Waals surface area contributed by atoms with Crippen molar-refractivity contribution in [2.24, 2.45) is 0 Å². The summed E-state index contributed by atoms with van der Waals surface area (Å²) < 4.78 is 15.2. The smallest absolute Gasteiger partial charge is 0.261 e. The average molecular weight is 180 g/mol. The van der Waals surface area contributed by atoms with E-state index in [2.05, 4.69) is 0 Å². The van der Waals surface area contributed by atoms with Crippen molar-refractivity contribution < 1.29 is 19.0 Å². The van der Waals surface area contributed by atoms with Gasteiger partial charge >= 0.3 is 0 Å². The van der Waals surface area contributed by atoms with Crippen LogP contribution in [0.1, 0.15) is 13.8 Å². The molecular weight excluding hydrogens is 164 g/mol. The van der Waals surface area contributed by atoms with Gasteiger partial charge in [-0.25, -0.2) is 0 Å². The summed E-state index contributed by atoms with van der Waals surface area (Å²) in [6.45, 7) is 4.30. The molecule has 0 bridgehead atoms. The van der Waals surface area contributed by atoms with Crippen molar-refractivity contribution in [2.45, 2.75) is 20.3 Å². The number of rotatable bonds is 7. The molecule has 0 aromatic rings. The second kappa shape index (κ2) is 8.16. The lowest BCUT2D eigenvalue weighted by Crippen LogP contribution is -2.24. The van der Waals surface area contributed by atoms with E-state index in [1.54, 1.807) is 0 Å². The standard InChI is InChI=1S/C6H16O4Si/c1-3-8-6(9-4-2)10-11-5-7/h6-7H,3-5,11H2,1-2H3. The fraction of sp³-hybridized carbons (Fsp3) is 1.00. The van der Waals surface area contributed by atoms with Crippen molar-refractivity contribution in [3.05, 3.63) is 0 Å². The van der Waals surface area contributed by atoms with Crippen LogP contribution in [-0.2, 0) is 13.9 Å². The summed E-state index contributed by atoms with van der Waals surface area (Å²) in [6.07, 6.45) is 0.122. The normalized spacial score (nSPS) is 12.0. The van der Waals surface area contributed by atoms with Crippen LogP contribution in [0, 0.1) is 0 Å². The van der Waals surface area contributed by atoms with Crippen LogP contribution < -0.4 is 0 Å². The monoisotopic (exact) mass is 180 g/mol. The molecule has 0 aliphatic rings. The molecule has 5 heteroatoms. The first-order valence-corrected chi connectivity index (χ1v) is 5.38. The van der Waals surface area contributed by atoms with Gasteiger partial charge in [0.25, 0.3) is 6.48 Å². The van der Waals surface area contributed by atoms with E-state index in [9.17, 15) is 0 Å². The molecule has 1 N–H and O–H groups in total. The summed E-state index contributed by atoms with van der Waals surface area (Å²) in [7, 11) is -0.861. The third-order valence-electron chi connectivity index (χ3n) is 0.951. The molecule has 68 valence electrons. The van der Waals surface area contributed by atoms with Gasteiger partial charge in [0, 0.05) is 13.2 Å². The molecule has 4 nitrogen and oxygen atoms in total. The molecule has 0 heterocycles. The van der Waals surface area contributed by atoms with E-state index in [0.29, 0.717) is 13.2 Å². The topological polar surface area (TPSA) is 47.9 Å². The van der Waals surface area contributed by atoms with E-state index in [1.807, 2.05) is 13.8 Å². The van der Waals surface area contributed by atoms with Gasteiger partial charge in [0.05, 0.1) is 6.23 Å². The molecule has 0 radical (unpaired) electrons. The predicted octanol–water partition coefficient (Wildman–Crippen LogP) is -0.607. The van der Waals surface area contributed by atoms with E-state index >= 15 is 0 Å². The second-order valence-electron chi connectivity index (χ2n) is 1.79. The molecule has 0 amide bonds. The first-order valence-electron chi connectivity index (χ1n) is 3.80. The van der Waals surface area contributed by atoms with Gasteiger partial charge in [-0.05, 0) is 13.8 Å². The third kappa shape index (κ3) is 6.45. The van der Waals surface area contributed by atoms with Crippen LogP contribution in [0.15, 0.2) is 0 Å². The SMILES string of the molecule is CCOC(OCC)O[SiH2]CO. The van der Waals surface area contributed by atoms with Crippen molar-refractivity contribution in [1.29, 1.82) is 0 Å². The number of hydrogen-bond acceptors (Lipinski definition) is 4. The quantitative estimate of drug-likeness (QED) is 0.419. The van der Waals surface area contributed by atoms with Crippen molar-refractivity contribution in [3.8, 4) is 0 Å². The van der Waals surface area contributed by atoms with Crippen LogP contribution in [-0.4, -0.2) is 40.8 Å². The summed E-state index contributed by atoms with van der Waals surface area (Å²) in [5.41, 5.74) is 0. The zero-order valence-electron chi connectivity index (χ0n) is 7.08. The van der Waals surface area contributed by atoms with Gasteiger partial charge in [-0.15, -0.1) is 0 Å². The maximum absolute atomic E-state index is 8.48. The molecule has 0 spiro atoms. The van der Waals surface area contributed by atoms with E-state index in [4.69, 9.17) is 19.0 Å². The second-order valence-corrected chi connectivity index (χ2v) is 2.98. The van der Waals surface area contributed by atoms with Crippen molar-refractivity contribution >= 4 is 9.76 Å². The Kier molecular flexibility index (Phi) is 8.20. The summed E-state index contributed by atoms with van der Waals surface area (Å²) in [6, 6.07) is 0. The Morgan fingerprint density at radius 3 is 2.18 bits per heavy atom. The number of aliphatic hydroxyl groups excluding tert-OH is 1. The molecule has 0 fully saturated rings. The highest BCUT2D eigenvalue weighted by atomic mass is 28.2. The van der Waals surface area contributed by atoms with E-state index in [0.717, 1.165) is 0 Å². The van der Waals surface area contributed by atoms with E-state index in [1.165, 1.54) is 0 Å². The fourth-order valence-electron chi connectivity index (χ4n) is 0.565. The number of ether oxygens (including phenoxy) is 2. The van der Waals surface area contributed by atoms with Crippen molar-refractivity contribution in [2.75, 3.05) is 19.4 Å². The van der Waals surface area contributed by atoms with Gasteiger partial charge < -0.3 is 19.0 Å². The molecule has 0 aromatic heterocycles. The maximum atomic E-state index is 8.48. The van der Waals surface area contributed by atoms with E-state index in [-0.39, 0.29) is 6.23 Å². The Morgan fingerprint density at radius 1 is 1.27 bits per heavy atom. The molecule has 0 atom stereocenters. The largest absolute Gasteiger partial charge is 0.397 e. The molecule has 0 aromatic carbocycles. The van der Waals surface area contributed by atoms with Crippen LogP contribution in [0.5, 0.6) is 0 Å². The third-order valence-corrected chi connectivity index (χ3v) is 1.64. The lowest BCUT2D eigenvalue weighted by Gasteiger charge is -2.16. The highest BCUT2D eigenvalue weighted by Gasteiger charge is 2.05. The van der Waals surface area contributed by atoms with Gasteiger partial charge in [0.1, 0.15) is 0 Å². The minimum atomic E-state index is -0.861. The maximum Gasteiger partial charge on any atom is 0.261 e. The van der Waals surface area contributed by atoms with Gasteiger partial charge in [0.2, 0.25) is 0 Å². The van der Waals surface area contributed by atoms with Crippen LogP contribution in [0.4, 0.5) is 0 Å². The Hall–Kier alpha value is 0.0569. The Balaban J connectivity index is 3.34. The summed E-state index contributed by atoms with van der Waals surface area (Å²) in [5, 5.41) is 8.48. The van der Waals surface area contributed by atoms with Crippen LogP contribution in [0.2, 0.25) is 0 Å². The van der Waals surface area contributed by atoms with Crippen LogP contribution >= 0.6 is 0 Å². The number of hydrogen-bond donors (Lipinski definition) is 1.